The molecule has 0 aliphatic carbocycles. The summed E-state index contributed by atoms with van der Waals surface area (Å²) in [5, 5.41) is 25.7. The number of hydrogen-bond acceptors (Lipinski definition) is 10. The number of imidazole rings is 1. The van der Waals surface area contributed by atoms with E-state index >= 15 is 0 Å². The number of anilines is 1. The number of benzene rings is 1. The number of aliphatic hydroxyl groups is 2. The van der Waals surface area contributed by atoms with Crippen LogP contribution in [0.4, 0.5) is 5.82 Å². The van der Waals surface area contributed by atoms with Gasteiger partial charge in [0, 0.05) is 14.1 Å². The Labute approximate surface area is 217 Å². The summed E-state index contributed by atoms with van der Waals surface area (Å²) in [5.41, 5.74) is 1.44. The van der Waals surface area contributed by atoms with E-state index in [0.29, 0.717) is 28.3 Å². The van der Waals surface area contributed by atoms with Crippen LogP contribution in [0.5, 0.6) is 5.75 Å². The van der Waals surface area contributed by atoms with Gasteiger partial charge in [-0.05, 0) is 24.1 Å². The van der Waals surface area contributed by atoms with Crippen LogP contribution in [0.3, 0.4) is 0 Å². The lowest BCUT2D eigenvalue weighted by atomic mass is 10.0. The monoisotopic (exact) mass is 551 g/mol. The number of hydrogen-bond donors (Lipinski definition) is 6. The van der Waals surface area contributed by atoms with Crippen LogP contribution < -0.4 is 20.0 Å². The average molecular weight is 551 g/mol. The van der Waals surface area contributed by atoms with E-state index in [1.54, 1.807) is 43.3 Å². The molecule has 6 N–H and O–H groups in total. The molecule has 206 valence electrons. The van der Waals surface area contributed by atoms with Crippen molar-refractivity contribution in [1.29, 1.82) is 0 Å². The number of nitrogens with one attached hydrogen (secondary N) is 2. The number of methoxy groups -OCH3 is 1. The van der Waals surface area contributed by atoms with Gasteiger partial charge in [0.25, 0.3) is 0 Å². The van der Waals surface area contributed by atoms with E-state index in [1.807, 2.05) is 5.09 Å². The molecule has 0 saturated carbocycles. The molecule has 0 bridgehead atoms. The van der Waals surface area contributed by atoms with Gasteiger partial charge in [-0.3, -0.25) is 9.36 Å². The van der Waals surface area contributed by atoms with Gasteiger partial charge in [0.05, 0.1) is 26.1 Å². The first kappa shape index (κ1) is 27.9. The van der Waals surface area contributed by atoms with Crippen LogP contribution in [-0.4, -0.2) is 97.5 Å². The molecule has 15 nitrogen and oxygen atoms in total. The second-order valence-electron chi connectivity index (χ2n) is 8.97. The van der Waals surface area contributed by atoms with Crippen molar-refractivity contribution in [1.82, 2.24) is 29.9 Å². The maximum Gasteiger partial charge on any atom is 0.401 e. The highest BCUT2D eigenvalue weighted by Crippen LogP contribution is 2.33. The van der Waals surface area contributed by atoms with Gasteiger partial charge in [0.15, 0.2) is 23.2 Å². The van der Waals surface area contributed by atoms with E-state index in [9.17, 15) is 29.4 Å². The number of amides is 1. The summed E-state index contributed by atoms with van der Waals surface area (Å²) in [6.07, 6.45) is -0.764. The quantitative estimate of drug-likeness (QED) is 0.166. The first-order valence-electron chi connectivity index (χ1n) is 11.6. The summed E-state index contributed by atoms with van der Waals surface area (Å²) in [6, 6.07) is 4.16. The average Bonchev–Trinajstić information content (AvgIpc) is 3.43. The molecule has 5 unspecified atom stereocenters. The van der Waals surface area contributed by atoms with Gasteiger partial charge in [-0.2, -0.15) is 0 Å². The zero-order chi connectivity index (χ0) is 27.6. The molecule has 0 radical (unpaired) electrons. The maximum absolute atomic E-state index is 13.2. The minimum absolute atomic E-state index is 0.0752. The molecule has 3 aromatic rings. The Balaban J connectivity index is 1.56. The van der Waals surface area contributed by atoms with E-state index in [1.165, 1.54) is 24.3 Å². The van der Waals surface area contributed by atoms with Gasteiger partial charge in [-0.15, -0.1) is 0 Å². The van der Waals surface area contributed by atoms with Gasteiger partial charge in [0.2, 0.25) is 5.91 Å². The Kier molecular flexibility index (Phi) is 8.28. The van der Waals surface area contributed by atoms with Crippen molar-refractivity contribution in [3.8, 4) is 5.75 Å². The molecule has 0 spiro atoms. The molecule has 1 fully saturated rings. The van der Waals surface area contributed by atoms with Crippen molar-refractivity contribution in [3.05, 3.63) is 42.5 Å². The number of aliphatic hydroxyl groups excluding tert-OH is 2. The summed E-state index contributed by atoms with van der Waals surface area (Å²) in [7, 11) is 0.279. The first-order chi connectivity index (χ1) is 18.0. The lowest BCUT2D eigenvalue weighted by Crippen LogP contribution is -2.54. The number of rotatable bonds is 10. The van der Waals surface area contributed by atoms with Crippen molar-refractivity contribution in [2.24, 2.45) is 0 Å². The molecule has 16 heteroatoms. The Hall–Kier alpha value is -3.17. The Morgan fingerprint density at radius 2 is 1.95 bits per heavy atom. The number of aromatic nitrogens is 4. The van der Waals surface area contributed by atoms with Crippen molar-refractivity contribution < 1.29 is 38.8 Å². The standard InChI is InChI=1S/C22H30N7O8P/c1-28(2)19-17-20(24-10-23-19)29(11-25-17)22-18(31)16(15(9-30)37-22)26-21(32)14(27-38(33,34)35)8-12-4-6-13(36-3)7-5-12/h4-7,10-11,14-16,18,22,30-31H,8-9H2,1-3H3,(H,26,32)(H3,27,33,34,35). The lowest BCUT2D eigenvalue weighted by Gasteiger charge is -2.25. The summed E-state index contributed by atoms with van der Waals surface area (Å²) in [5.74, 6) is 0.328. The van der Waals surface area contributed by atoms with Gasteiger partial charge < -0.3 is 39.7 Å². The van der Waals surface area contributed by atoms with E-state index in [0.717, 1.165) is 0 Å². The van der Waals surface area contributed by atoms with E-state index in [2.05, 4.69) is 20.3 Å². The molecular weight excluding hydrogens is 521 g/mol. The van der Waals surface area contributed by atoms with E-state index < -0.39 is 50.8 Å². The van der Waals surface area contributed by atoms with Crippen molar-refractivity contribution in [2.75, 3.05) is 32.7 Å². The number of ether oxygens (including phenoxy) is 2. The van der Waals surface area contributed by atoms with Gasteiger partial charge in [0.1, 0.15) is 30.3 Å². The van der Waals surface area contributed by atoms with Crippen LogP contribution in [0.25, 0.3) is 11.2 Å². The smallest absolute Gasteiger partial charge is 0.401 e. The normalized spacial score (nSPS) is 22.4. The maximum atomic E-state index is 13.2. The van der Waals surface area contributed by atoms with Crippen LogP contribution in [0, 0.1) is 0 Å². The SMILES string of the molecule is COc1ccc(CC(NP(=O)(O)O)C(=O)NC2C(CO)OC(n3cnc4c(N(C)C)ncnc43)C2O)cc1. The fourth-order valence-corrected chi connectivity index (χ4v) is 4.94. The summed E-state index contributed by atoms with van der Waals surface area (Å²) < 4.78 is 24.2. The van der Waals surface area contributed by atoms with Crippen LogP contribution in [0.1, 0.15) is 11.8 Å². The van der Waals surface area contributed by atoms with Crippen molar-refractivity contribution >= 4 is 30.6 Å². The fraction of sp³-hybridized carbons (Fsp3) is 0.455. The van der Waals surface area contributed by atoms with Gasteiger partial charge in [-0.1, -0.05) is 12.1 Å². The Bertz CT molecular complexity index is 1310. The lowest BCUT2D eigenvalue weighted by molar-refractivity contribution is -0.124. The second kappa shape index (κ2) is 11.3. The highest BCUT2D eigenvalue weighted by atomic mass is 31.2. The predicted molar refractivity (Wildman–Crippen MR) is 134 cm³/mol. The molecular formula is C22H30N7O8P. The van der Waals surface area contributed by atoms with Gasteiger partial charge >= 0.3 is 7.75 Å². The third kappa shape index (κ3) is 5.94. The largest absolute Gasteiger partial charge is 0.497 e. The van der Waals surface area contributed by atoms with Crippen LogP contribution >= 0.6 is 7.75 Å². The number of carbonyl (C=O) groups is 1. The van der Waals surface area contributed by atoms with Crippen LogP contribution in [0.2, 0.25) is 0 Å². The van der Waals surface area contributed by atoms with E-state index in [-0.39, 0.29) is 6.42 Å². The summed E-state index contributed by atoms with van der Waals surface area (Å²) in [6.45, 7) is -0.544. The first-order valence-corrected chi connectivity index (χ1v) is 13.2. The van der Waals surface area contributed by atoms with Crippen LogP contribution in [-0.2, 0) is 20.5 Å². The summed E-state index contributed by atoms with van der Waals surface area (Å²) in [4.78, 5) is 46.7. The highest BCUT2D eigenvalue weighted by molar-refractivity contribution is 7.49. The molecule has 2 aromatic heterocycles. The van der Waals surface area contributed by atoms with Crippen LogP contribution in [0.15, 0.2) is 36.9 Å². The molecule has 4 rings (SSSR count). The molecule has 1 aliphatic heterocycles. The topological polar surface area (TPSA) is 204 Å². The third-order valence-electron chi connectivity index (χ3n) is 6.14. The summed E-state index contributed by atoms with van der Waals surface area (Å²) >= 11 is 0. The zero-order valence-electron chi connectivity index (χ0n) is 20.9. The van der Waals surface area contributed by atoms with Crippen molar-refractivity contribution in [3.63, 3.8) is 0 Å². The molecule has 1 aromatic carbocycles. The third-order valence-corrected chi connectivity index (χ3v) is 6.79. The highest BCUT2D eigenvalue weighted by Gasteiger charge is 2.46. The number of nitrogens with zero attached hydrogens (tertiary/aromatic N) is 5. The van der Waals surface area contributed by atoms with Crippen molar-refractivity contribution in [2.45, 2.75) is 36.9 Å². The molecule has 1 aliphatic rings. The molecule has 1 saturated heterocycles. The predicted octanol–water partition coefficient (Wildman–Crippen LogP) is -1.07. The minimum Gasteiger partial charge on any atom is -0.497 e. The number of fused-ring (bicyclic) bond motifs is 1. The minimum atomic E-state index is -4.81. The Morgan fingerprint density at radius 3 is 2.55 bits per heavy atom. The van der Waals surface area contributed by atoms with E-state index in [4.69, 9.17) is 9.47 Å². The Morgan fingerprint density at radius 1 is 1.24 bits per heavy atom. The zero-order valence-corrected chi connectivity index (χ0v) is 21.8. The molecule has 38 heavy (non-hydrogen) atoms. The second-order valence-corrected chi connectivity index (χ2v) is 10.3. The number of carbonyl (C=O) groups excluding carboxylic acids is 1. The molecule has 3 heterocycles. The molecule has 1 amide bonds. The molecule has 5 atom stereocenters. The van der Waals surface area contributed by atoms with Gasteiger partial charge in [-0.25, -0.2) is 24.6 Å². The fourth-order valence-electron chi connectivity index (χ4n) is 4.32.